The predicted octanol–water partition coefficient (Wildman–Crippen LogP) is 1.87. The molecule has 0 amide bonds. The average molecular weight is 319 g/mol. The Hall–Kier alpha value is -1.96. The number of amidine groups is 1. The van der Waals surface area contributed by atoms with Crippen molar-refractivity contribution < 1.29 is 14.9 Å². The number of fused-ring (bicyclic) bond motifs is 1. The maximum atomic E-state index is 10.2. The van der Waals surface area contributed by atoms with Crippen molar-refractivity contribution in [3.05, 3.63) is 35.0 Å². The number of aliphatic hydroxyl groups excluding tert-OH is 2. The van der Waals surface area contributed by atoms with Gasteiger partial charge in [-0.15, -0.1) is 11.3 Å². The van der Waals surface area contributed by atoms with Gasteiger partial charge in [-0.3, -0.25) is 5.41 Å². The Morgan fingerprint density at radius 3 is 2.91 bits per heavy atom. The van der Waals surface area contributed by atoms with E-state index in [1.54, 1.807) is 4.90 Å². The van der Waals surface area contributed by atoms with Crippen molar-refractivity contribution in [1.82, 2.24) is 9.88 Å². The number of hydrogen-bond donors (Lipinski definition) is 3. The van der Waals surface area contributed by atoms with Crippen LogP contribution in [0.15, 0.2) is 30.0 Å². The van der Waals surface area contributed by atoms with E-state index < -0.39 is 0 Å². The fraction of sp³-hybridized carbons (Fsp3) is 0.333. The van der Waals surface area contributed by atoms with Gasteiger partial charge < -0.3 is 19.8 Å². The highest BCUT2D eigenvalue weighted by molar-refractivity contribution is 7.19. The van der Waals surface area contributed by atoms with E-state index in [1.807, 2.05) is 24.3 Å². The maximum Gasteiger partial charge on any atom is 0.135 e. The zero-order valence-corrected chi connectivity index (χ0v) is 12.8. The van der Waals surface area contributed by atoms with Crippen molar-refractivity contribution in [2.75, 3.05) is 32.9 Å². The van der Waals surface area contributed by atoms with E-state index in [4.69, 9.17) is 15.3 Å². The van der Waals surface area contributed by atoms with Gasteiger partial charge in [0.2, 0.25) is 0 Å². The summed E-state index contributed by atoms with van der Waals surface area (Å²) in [6.07, 6.45) is 0. The van der Waals surface area contributed by atoms with E-state index in [0.717, 1.165) is 10.2 Å². The molecule has 0 saturated heterocycles. The number of thiazole rings is 1. The molecule has 7 heteroatoms. The van der Waals surface area contributed by atoms with Crippen LogP contribution in [-0.4, -0.2) is 58.8 Å². The number of benzene rings is 1. The summed E-state index contributed by atoms with van der Waals surface area (Å²) in [5.41, 5.74) is 1.38. The van der Waals surface area contributed by atoms with Crippen LogP contribution in [0, 0.1) is 5.41 Å². The summed E-state index contributed by atoms with van der Waals surface area (Å²) in [5.74, 6) is 0.440. The van der Waals surface area contributed by atoms with Gasteiger partial charge in [-0.2, -0.15) is 0 Å². The van der Waals surface area contributed by atoms with Crippen molar-refractivity contribution in [1.29, 1.82) is 5.41 Å². The van der Waals surface area contributed by atoms with Crippen LogP contribution in [0.5, 0.6) is 0 Å². The largest absolute Gasteiger partial charge is 0.510 e. The lowest BCUT2D eigenvalue weighted by Gasteiger charge is -2.18. The van der Waals surface area contributed by atoms with Gasteiger partial charge in [-0.05, 0) is 12.1 Å². The van der Waals surface area contributed by atoms with Gasteiger partial charge in [0.05, 0.1) is 42.2 Å². The van der Waals surface area contributed by atoms with Crippen LogP contribution in [0.4, 0.5) is 0 Å². The van der Waals surface area contributed by atoms with Crippen LogP contribution in [0.1, 0.15) is 5.01 Å². The molecule has 116 valence electrons. The summed E-state index contributed by atoms with van der Waals surface area (Å²) in [6, 6.07) is 7.77. The zero-order chi connectivity index (χ0) is 15.5. The Morgan fingerprint density at radius 2 is 2.14 bits per heavy atom. The fourth-order valence-electron chi connectivity index (χ4n) is 2.37. The summed E-state index contributed by atoms with van der Waals surface area (Å²) in [4.78, 5) is 6.25. The van der Waals surface area contributed by atoms with Crippen LogP contribution in [0.3, 0.4) is 0 Å². The van der Waals surface area contributed by atoms with Crippen molar-refractivity contribution in [2.45, 2.75) is 0 Å². The van der Waals surface area contributed by atoms with Crippen LogP contribution >= 0.6 is 11.3 Å². The highest BCUT2D eigenvalue weighted by atomic mass is 32.1. The highest BCUT2D eigenvalue weighted by Gasteiger charge is 2.30. The standard InChI is InChI=1S/C15H17N3O3S/c16-14-13(11(20)9-18(14)5-7-21-8-6-19)15-17-10-3-1-2-4-12(10)22-15/h1-4,16,19-20H,5-9H2. The molecule has 3 rings (SSSR count). The molecule has 0 fully saturated rings. The Kier molecular flexibility index (Phi) is 4.37. The molecular weight excluding hydrogens is 302 g/mol. The third-order valence-corrected chi connectivity index (χ3v) is 4.49. The lowest BCUT2D eigenvalue weighted by molar-refractivity contribution is 0.0847. The summed E-state index contributed by atoms with van der Waals surface area (Å²) in [6.45, 7) is 1.47. The molecule has 2 aromatic rings. The minimum absolute atomic E-state index is 0.0160. The number of aliphatic hydroxyl groups is 2. The molecule has 0 saturated carbocycles. The second kappa shape index (κ2) is 6.43. The van der Waals surface area contributed by atoms with Crippen LogP contribution in [-0.2, 0) is 4.74 Å². The van der Waals surface area contributed by atoms with Crippen molar-refractivity contribution in [3.8, 4) is 0 Å². The van der Waals surface area contributed by atoms with E-state index in [0.29, 0.717) is 30.3 Å². The van der Waals surface area contributed by atoms with Crippen LogP contribution < -0.4 is 0 Å². The van der Waals surface area contributed by atoms with Crippen LogP contribution in [0.25, 0.3) is 15.8 Å². The minimum Gasteiger partial charge on any atom is -0.510 e. The van der Waals surface area contributed by atoms with Crippen LogP contribution in [0.2, 0.25) is 0 Å². The Balaban J connectivity index is 1.76. The molecule has 0 spiro atoms. The molecule has 3 N–H and O–H groups in total. The molecule has 22 heavy (non-hydrogen) atoms. The SMILES string of the molecule is N=C1C(c2nc3ccccc3s2)=C(O)CN1CCOCCO. The molecule has 0 radical (unpaired) electrons. The first-order chi connectivity index (χ1) is 10.7. The first-order valence-electron chi connectivity index (χ1n) is 7.01. The van der Waals surface area contributed by atoms with E-state index in [1.165, 1.54) is 11.3 Å². The van der Waals surface area contributed by atoms with Gasteiger partial charge in [0.25, 0.3) is 0 Å². The monoisotopic (exact) mass is 319 g/mol. The van der Waals surface area contributed by atoms with Gasteiger partial charge in [-0.25, -0.2) is 4.98 Å². The summed E-state index contributed by atoms with van der Waals surface area (Å²) >= 11 is 1.48. The predicted molar refractivity (Wildman–Crippen MR) is 86.4 cm³/mol. The molecule has 1 aromatic heterocycles. The number of ether oxygens (including phenoxy) is 1. The number of nitrogens with zero attached hydrogens (tertiary/aromatic N) is 2. The number of aromatic nitrogens is 1. The molecule has 1 aliphatic rings. The second-order valence-electron chi connectivity index (χ2n) is 4.91. The van der Waals surface area contributed by atoms with Gasteiger partial charge in [0.1, 0.15) is 16.6 Å². The number of rotatable bonds is 6. The molecule has 2 heterocycles. The molecule has 1 aromatic carbocycles. The van der Waals surface area contributed by atoms with E-state index in [2.05, 4.69) is 4.98 Å². The van der Waals surface area contributed by atoms with E-state index in [-0.39, 0.29) is 24.8 Å². The zero-order valence-electron chi connectivity index (χ0n) is 12.0. The van der Waals surface area contributed by atoms with Gasteiger partial charge >= 0.3 is 0 Å². The maximum absolute atomic E-state index is 10.2. The highest BCUT2D eigenvalue weighted by Crippen LogP contribution is 2.32. The van der Waals surface area contributed by atoms with E-state index in [9.17, 15) is 5.11 Å². The number of hydrogen-bond acceptors (Lipinski definition) is 6. The normalized spacial score (nSPS) is 15.3. The smallest absolute Gasteiger partial charge is 0.135 e. The Morgan fingerprint density at radius 1 is 1.32 bits per heavy atom. The Labute approximate surface area is 131 Å². The molecule has 0 atom stereocenters. The van der Waals surface area contributed by atoms with Crippen molar-refractivity contribution >= 4 is 33.0 Å². The molecule has 6 nitrogen and oxygen atoms in total. The van der Waals surface area contributed by atoms with Crippen molar-refractivity contribution in [3.63, 3.8) is 0 Å². The average Bonchev–Trinajstić information content (AvgIpc) is 3.04. The second-order valence-corrected chi connectivity index (χ2v) is 5.95. The van der Waals surface area contributed by atoms with Gasteiger partial charge in [-0.1, -0.05) is 12.1 Å². The molecule has 0 unspecified atom stereocenters. The summed E-state index contributed by atoms with van der Waals surface area (Å²) < 4.78 is 6.25. The van der Waals surface area contributed by atoms with E-state index >= 15 is 0 Å². The van der Waals surface area contributed by atoms with Crippen molar-refractivity contribution in [2.24, 2.45) is 0 Å². The molecule has 1 aliphatic heterocycles. The first-order valence-corrected chi connectivity index (χ1v) is 7.83. The number of para-hydroxylation sites is 1. The lowest BCUT2D eigenvalue weighted by Crippen LogP contribution is -2.30. The quantitative estimate of drug-likeness (QED) is 0.707. The third kappa shape index (κ3) is 2.83. The molecule has 0 bridgehead atoms. The van der Waals surface area contributed by atoms with Gasteiger partial charge in [0, 0.05) is 6.54 Å². The molecule has 0 aliphatic carbocycles. The lowest BCUT2D eigenvalue weighted by atomic mass is 10.2. The third-order valence-electron chi connectivity index (χ3n) is 3.43. The summed E-state index contributed by atoms with van der Waals surface area (Å²) in [7, 11) is 0. The molecular formula is C15H17N3O3S. The minimum atomic E-state index is -0.0160. The number of nitrogens with one attached hydrogen (secondary N) is 1. The Bertz CT molecular complexity index is 693. The topological polar surface area (TPSA) is 89.7 Å². The van der Waals surface area contributed by atoms with Gasteiger partial charge in [0.15, 0.2) is 0 Å². The summed E-state index contributed by atoms with van der Waals surface area (Å²) in [5, 5.41) is 27.8. The fourth-order valence-corrected chi connectivity index (χ4v) is 3.40. The first kappa shape index (κ1) is 15.0.